The molecule has 0 aromatic carbocycles. The van der Waals surface area contributed by atoms with Crippen molar-refractivity contribution in [2.45, 2.75) is 38.8 Å². The van der Waals surface area contributed by atoms with Crippen molar-refractivity contribution in [3.05, 3.63) is 0 Å². The van der Waals surface area contributed by atoms with Crippen LogP contribution >= 0.6 is 0 Å². The van der Waals surface area contributed by atoms with Crippen molar-refractivity contribution in [3.8, 4) is 0 Å². The molecule has 6 heteroatoms. The van der Waals surface area contributed by atoms with Gasteiger partial charge in [0.25, 0.3) is 10.2 Å². The van der Waals surface area contributed by atoms with Crippen molar-refractivity contribution in [1.29, 1.82) is 0 Å². The lowest BCUT2D eigenvalue weighted by Crippen LogP contribution is -2.48. The van der Waals surface area contributed by atoms with Gasteiger partial charge >= 0.3 is 0 Å². The van der Waals surface area contributed by atoms with Crippen molar-refractivity contribution in [1.82, 2.24) is 9.44 Å². The van der Waals surface area contributed by atoms with E-state index in [1.807, 2.05) is 13.8 Å². The minimum atomic E-state index is -3.35. The zero-order valence-electron chi connectivity index (χ0n) is 8.66. The topological polar surface area (TPSA) is 84.2 Å². The molecular weight excluding hydrogens is 202 g/mol. The van der Waals surface area contributed by atoms with Gasteiger partial charge in [-0.3, -0.25) is 0 Å². The average Bonchev–Trinajstić information content (AvgIpc) is 2.82. The van der Waals surface area contributed by atoms with Crippen molar-refractivity contribution >= 4 is 10.2 Å². The lowest BCUT2D eigenvalue weighted by Gasteiger charge is -2.20. The molecular formula is C8H19N3O2S. The maximum Gasteiger partial charge on any atom is 0.277 e. The van der Waals surface area contributed by atoms with Crippen LogP contribution in [0, 0.1) is 5.92 Å². The van der Waals surface area contributed by atoms with Gasteiger partial charge in [0, 0.05) is 18.6 Å². The Morgan fingerprint density at radius 2 is 2.00 bits per heavy atom. The van der Waals surface area contributed by atoms with Gasteiger partial charge in [-0.1, -0.05) is 13.8 Å². The molecule has 0 amide bonds. The van der Waals surface area contributed by atoms with Gasteiger partial charge in [0.1, 0.15) is 0 Å². The highest BCUT2D eigenvalue weighted by Crippen LogP contribution is 2.19. The van der Waals surface area contributed by atoms with E-state index in [1.165, 1.54) is 0 Å². The zero-order valence-corrected chi connectivity index (χ0v) is 9.47. The maximum atomic E-state index is 11.5. The molecule has 1 unspecified atom stereocenters. The molecule has 0 saturated heterocycles. The summed E-state index contributed by atoms with van der Waals surface area (Å²) in [4.78, 5) is 0. The van der Waals surface area contributed by atoms with Gasteiger partial charge in [-0.2, -0.15) is 17.9 Å². The lowest BCUT2D eigenvalue weighted by atomic mass is 10.1. The van der Waals surface area contributed by atoms with E-state index in [9.17, 15) is 8.42 Å². The van der Waals surface area contributed by atoms with Gasteiger partial charge in [0.15, 0.2) is 0 Å². The monoisotopic (exact) mass is 221 g/mol. The molecule has 0 spiro atoms. The molecule has 4 N–H and O–H groups in total. The van der Waals surface area contributed by atoms with Crippen LogP contribution in [0.15, 0.2) is 0 Å². The van der Waals surface area contributed by atoms with Crippen LogP contribution in [0.25, 0.3) is 0 Å². The summed E-state index contributed by atoms with van der Waals surface area (Å²) in [7, 11) is -3.35. The number of nitrogens with two attached hydrogens (primary N) is 1. The third kappa shape index (κ3) is 3.91. The quantitative estimate of drug-likeness (QED) is 0.568. The predicted octanol–water partition coefficient (Wildman–Crippen LogP) is -0.444. The van der Waals surface area contributed by atoms with Crippen molar-refractivity contribution in [2.75, 3.05) is 6.54 Å². The summed E-state index contributed by atoms with van der Waals surface area (Å²) < 4.78 is 28.1. The molecule has 1 atom stereocenters. The van der Waals surface area contributed by atoms with E-state index in [2.05, 4.69) is 9.44 Å². The van der Waals surface area contributed by atoms with Crippen LogP contribution in [0.1, 0.15) is 26.7 Å². The number of hydrogen-bond acceptors (Lipinski definition) is 3. The van der Waals surface area contributed by atoms with Crippen molar-refractivity contribution < 1.29 is 8.42 Å². The van der Waals surface area contributed by atoms with E-state index in [0.29, 0.717) is 6.54 Å². The van der Waals surface area contributed by atoms with Gasteiger partial charge in [-0.15, -0.1) is 0 Å². The Labute approximate surface area is 85.6 Å². The van der Waals surface area contributed by atoms with Crippen LogP contribution in [-0.4, -0.2) is 27.0 Å². The van der Waals surface area contributed by atoms with Gasteiger partial charge in [0.05, 0.1) is 0 Å². The highest BCUT2D eigenvalue weighted by Gasteiger charge is 2.28. The molecule has 1 aliphatic carbocycles. The fourth-order valence-electron chi connectivity index (χ4n) is 1.11. The molecule has 0 aliphatic heterocycles. The van der Waals surface area contributed by atoms with Gasteiger partial charge in [-0.05, 0) is 18.8 Å². The molecule has 0 aromatic rings. The van der Waals surface area contributed by atoms with E-state index in [-0.39, 0.29) is 18.0 Å². The Kier molecular flexibility index (Phi) is 3.88. The summed E-state index contributed by atoms with van der Waals surface area (Å²) >= 11 is 0. The van der Waals surface area contributed by atoms with E-state index in [4.69, 9.17) is 5.73 Å². The third-order valence-electron chi connectivity index (χ3n) is 2.26. The molecule has 5 nitrogen and oxygen atoms in total. The Hall–Kier alpha value is -0.170. The first kappa shape index (κ1) is 11.9. The van der Waals surface area contributed by atoms with E-state index >= 15 is 0 Å². The standard InChI is InChI=1S/C8H19N3O2S/c1-6(2)8(5-9)11-14(12,13)10-7-3-4-7/h6-8,10-11H,3-5,9H2,1-2H3. The SMILES string of the molecule is CC(C)C(CN)NS(=O)(=O)NC1CC1. The second-order valence-corrected chi connectivity index (χ2v) is 5.58. The second-order valence-electron chi connectivity index (χ2n) is 4.10. The first-order valence-corrected chi connectivity index (χ1v) is 6.42. The number of hydrogen-bond donors (Lipinski definition) is 3. The van der Waals surface area contributed by atoms with Crippen molar-refractivity contribution in [3.63, 3.8) is 0 Å². The van der Waals surface area contributed by atoms with Crippen molar-refractivity contribution in [2.24, 2.45) is 11.7 Å². The molecule has 0 bridgehead atoms. The summed E-state index contributed by atoms with van der Waals surface area (Å²) in [5.74, 6) is 0.204. The van der Waals surface area contributed by atoms with Crippen LogP contribution in [0.4, 0.5) is 0 Å². The molecule has 84 valence electrons. The van der Waals surface area contributed by atoms with Crippen LogP contribution in [-0.2, 0) is 10.2 Å². The third-order valence-corrected chi connectivity index (χ3v) is 3.52. The van der Waals surface area contributed by atoms with E-state index in [0.717, 1.165) is 12.8 Å². The first-order chi connectivity index (χ1) is 6.44. The highest BCUT2D eigenvalue weighted by atomic mass is 32.2. The van der Waals surface area contributed by atoms with Crippen LogP contribution in [0.3, 0.4) is 0 Å². The lowest BCUT2D eigenvalue weighted by molar-refractivity contribution is 0.450. The Morgan fingerprint density at radius 1 is 1.43 bits per heavy atom. The molecule has 1 fully saturated rings. The average molecular weight is 221 g/mol. The molecule has 0 aromatic heterocycles. The molecule has 0 radical (unpaired) electrons. The first-order valence-electron chi connectivity index (χ1n) is 4.94. The number of rotatable bonds is 6. The number of nitrogens with one attached hydrogen (secondary N) is 2. The largest absolute Gasteiger partial charge is 0.329 e. The summed E-state index contributed by atoms with van der Waals surface area (Å²) in [5, 5.41) is 0. The predicted molar refractivity (Wildman–Crippen MR) is 55.9 cm³/mol. The van der Waals surface area contributed by atoms with Gasteiger partial charge < -0.3 is 5.73 Å². The van der Waals surface area contributed by atoms with Gasteiger partial charge in [0.2, 0.25) is 0 Å². The highest BCUT2D eigenvalue weighted by molar-refractivity contribution is 7.87. The fourth-order valence-corrected chi connectivity index (χ4v) is 2.62. The summed E-state index contributed by atoms with van der Waals surface area (Å²) in [6, 6.07) is -0.0515. The fraction of sp³-hybridized carbons (Fsp3) is 1.00. The molecule has 1 saturated carbocycles. The zero-order chi connectivity index (χ0) is 10.8. The summed E-state index contributed by atoms with van der Waals surface area (Å²) in [5.41, 5.74) is 5.47. The molecule has 1 aliphatic rings. The van der Waals surface area contributed by atoms with E-state index in [1.54, 1.807) is 0 Å². The van der Waals surface area contributed by atoms with Gasteiger partial charge in [-0.25, -0.2) is 0 Å². The summed E-state index contributed by atoms with van der Waals surface area (Å²) in [6.45, 7) is 4.21. The molecule has 1 rings (SSSR count). The smallest absolute Gasteiger partial charge is 0.277 e. The molecule has 14 heavy (non-hydrogen) atoms. The second kappa shape index (κ2) is 4.57. The minimum absolute atomic E-state index is 0.137. The Bertz CT molecular complexity index is 272. The molecule has 0 heterocycles. The normalized spacial score (nSPS) is 20.0. The Balaban J connectivity index is 2.46. The van der Waals surface area contributed by atoms with Crippen LogP contribution < -0.4 is 15.2 Å². The maximum absolute atomic E-state index is 11.5. The minimum Gasteiger partial charge on any atom is -0.329 e. The van der Waals surface area contributed by atoms with Crippen LogP contribution in [0.5, 0.6) is 0 Å². The Morgan fingerprint density at radius 3 is 2.36 bits per heavy atom. The van der Waals surface area contributed by atoms with E-state index < -0.39 is 10.2 Å². The van der Waals surface area contributed by atoms with Crippen LogP contribution in [0.2, 0.25) is 0 Å². The summed E-state index contributed by atoms with van der Waals surface area (Å²) in [6.07, 6.45) is 1.88.